The summed E-state index contributed by atoms with van der Waals surface area (Å²) in [6.45, 7) is 5.89. The van der Waals surface area contributed by atoms with E-state index in [9.17, 15) is 19.2 Å². The van der Waals surface area contributed by atoms with Crippen LogP contribution in [0.4, 0.5) is 0 Å². The summed E-state index contributed by atoms with van der Waals surface area (Å²) in [6, 6.07) is 0. The number of likely N-dealkylation sites (N-methyl/N-ethyl adjacent to an activating group) is 1. The quantitative estimate of drug-likeness (QED) is 0.599. The highest BCUT2D eigenvalue weighted by atomic mass is 16.1. The number of rotatable bonds is 3. The molecule has 8 nitrogen and oxygen atoms in total. The number of hydrogen-bond acceptors (Lipinski definition) is 8. The third-order valence-electron chi connectivity index (χ3n) is 4.77. The normalized spacial score (nSPS) is 28.0. The van der Waals surface area contributed by atoms with E-state index in [0.717, 1.165) is 0 Å². The van der Waals surface area contributed by atoms with Gasteiger partial charge in [-0.25, -0.2) is 0 Å². The number of Topliss-reactive ketones (excluding diaryl/α,β-unsaturated/α-hetero) is 4. The maximum Gasteiger partial charge on any atom is 0.160 e. The number of carbonyl (C=O) groups is 4. The van der Waals surface area contributed by atoms with E-state index in [1.165, 1.54) is 0 Å². The molecular formula is C18H30N4O4. The van der Waals surface area contributed by atoms with E-state index >= 15 is 0 Å². The molecule has 2 bridgehead atoms. The van der Waals surface area contributed by atoms with Crippen molar-refractivity contribution >= 4 is 23.1 Å². The standard InChI is InChI=1S/C18H30N4O4/c1-3-15(23)9-20-5-4-19(2)8-16(24)10-21-6-7-22(13-17(25)11-20)14-18(26)12-21/h3-14H2,1-2H3. The number of ketones is 4. The molecule has 2 saturated heterocycles. The zero-order valence-corrected chi connectivity index (χ0v) is 15.9. The average molecular weight is 366 g/mol. The minimum Gasteiger partial charge on any atom is -0.298 e. The van der Waals surface area contributed by atoms with Crippen molar-refractivity contribution in [3.05, 3.63) is 0 Å². The summed E-state index contributed by atoms with van der Waals surface area (Å²) < 4.78 is 0. The smallest absolute Gasteiger partial charge is 0.160 e. The number of fused-ring (bicyclic) bond motifs is 3. The fourth-order valence-corrected chi connectivity index (χ4v) is 3.38. The highest BCUT2D eigenvalue weighted by molar-refractivity contribution is 5.87. The van der Waals surface area contributed by atoms with E-state index in [-0.39, 0.29) is 62.4 Å². The van der Waals surface area contributed by atoms with Gasteiger partial charge >= 0.3 is 0 Å². The van der Waals surface area contributed by atoms with Crippen molar-refractivity contribution < 1.29 is 19.2 Å². The molecule has 2 fully saturated rings. The van der Waals surface area contributed by atoms with Gasteiger partial charge in [0.1, 0.15) is 5.78 Å². The van der Waals surface area contributed by atoms with Crippen LogP contribution >= 0.6 is 0 Å². The summed E-state index contributed by atoms with van der Waals surface area (Å²) in [7, 11) is 1.86. The molecule has 2 heterocycles. The molecule has 0 amide bonds. The van der Waals surface area contributed by atoms with Gasteiger partial charge in [-0.05, 0) is 7.05 Å². The van der Waals surface area contributed by atoms with E-state index < -0.39 is 0 Å². The molecule has 0 radical (unpaired) electrons. The van der Waals surface area contributed by atoms with Gasteiger partial charge in [0.2, 0.25) is 0 Å². The first-order valence-corrected chi connectivity index (χ1v) is 9.28. The van der Waals surface area contributed by atoms with Crippen LogP contribution in [0.5, 0.6) is 0 Å². The van der Waals surface area contributed by atoms with Crippen LogP contribution in [0, 0.1) is 0 Å². The van der Waals surface area contributed by atoms with Gasteiger partial charge in [-0.2, -0.15) is 0 Å². The van der Waals surface area contributed by atoms with Gasteiger partial charge in [0.15, 0.2) is 17.3 Å². The summed E-state index contributed by atoms with van der Waals surface area (Å²) in [5, 5.41) is 0. The van der Waals surface area contributed by atoms with Crippen LogP contribution in [0.15, 0.2) is 0 Å². The monoisotopic (exact) mass is 366 g/mol. The van der Waals surface area contributed by atoms with Crippen molar-refractivity contribution in [1.82, 2.24) is 19.6 Å². The van der Waals surface area contributed by atoms with Crippen LogP contribution in [0.3, 0.4) is 0 Å². The summed E-state index contributed by atoms with van der Waals surface area (Å²) in [5.74, 6) is 0.228. The summed E-state index contributed by atoms with van der Waals surface area (Å²) in [4.78, 5) is 56.2. The van der Waals surface area contributed by atoms with Gasteiger partial charge in [0.05, 0.1) is 45.8 Å². The molecule has 2 aliphatic heterocycles. The van der Waals surface area contributed by atoms with Crippen molar-refractivity contribution in [2.45, 2.75) is 13.3 Å². The molecule has 2 unspecified atom stereocenters. The molecule has 0 saturated carbocycles. The molecule has 8 heteroatoms. The third kappa shape index (κ3) is 7.03. The Morgan fingerprint density at radius 1 is 0.769 bits per heavy atom. The first kappa shape index (κ1) is 20.8. The Hall–Kier alpha value is -1.48. The van der Waals surface area contributed by atoms with E-state index in [0.29, 0.717) is 39.1 Å². The highest BCUT2D eigenvalue weighted by Gasteiger charge is 2.25. The van der Waals surface area contributed by atoms with Crippen LogP contribution < -0.4 is 0 Å². The Morgan fingerprint density at radius 2 is 1.27 bits per heavy atom. The molecule has 0 aromatic heterocycles. The van der Waals surface area contributed by atoms with Crippen LogP contribution in [-0.2, 0) is 19.2 Å². The predicted octanol–water partition coefficient (Wildman–Crippen LogP) is -1.46. The lowest BCUT2D eigenvalue weighted by Crippen LogP contribution is -2.45. The second kappa shape index (κ2) is 10.0. The van der Waals surface area contributed by atoms with E-state index in [1.54, 1.807) is 0 Å². The highest BCUT2D eigenvalue weighted by Crippen LogP contribution is 2.04. The lowest BCUT2D eigenvalue weighted by molar-refractivity contribution is -0.125. The Kier molecular flexibility index (Phi) is 8.02. The lowest BCUT2D eigenvalue weighted by Gasteiger charge is -2.27. The molecule has 0 aromatic carbocycles. The van der Waals surface area contributed by atoms with Gasteiger partial charge < -0.3 is 0 Å². The van der Waals surface area contributed by atoms with Crippen molar-refractivity contribution in [3.63, 3.8) is 0 Å². The average Bonchev–Trinajstić information content (AvgIpc) is 2.72. The SMILES string of the molecule is CCC(=O)CN1CCN(C)CC(=O)CN2CCN(CC(=O)C1)CC(=O)C2. The Bertz CT molecular complexity index is 551. The minimum absolute atomic E-state index is 0.0194. The molecule has 0 N–H and O–H groups in total. The topological polar surface area (TPSA) is 81.2 Å². The van der Waals surface area contributed by atoms with Gasteiger partial charge in [-0.3, -0.25) is 38.8 Å². The molecule has 2 aliphatic rings. The third-order valence-corrected chi connectivity index (χ3v) is 4.77. The largest absolute Gasteiger partial charge is 0.298 e. The van der Waals surface area contributed by atoms with E-state index in [2.05, 4.69) is 0 Å². The Labute approximate surface area is 155 Å². The number of nitrogens with zero attached hydrogens (tertiary/aromatic N) is 4. The molecular weight excluding hydrogens is 336 g/mol. The van der Waals surface area contributed by atoms with Crippen LogP contribution in [0.1, 0.15) is 13.3 Å². The molecule has 2 atom stereocenters. The minimum atomic E-state index is 0.0194. The molecule has 0 aromatic rings. The van der Waals surface area contributed by atoms with Crippen LogP contribution in [0.25, 0.3) is 0 Å². The first-order valence-electron chi connectivity index (χ1n) is 9.28. The second-order valence-electron chi connectivity index (χ2n) is 7.38. The zero-order valence-electron chi connectivity index (χ0n) is 15.9. The summed E-state index contributed by atoms with van der Waals surface area (Å²) >= 11 is 0. The van der Waals surface area contributed by atoms with Gasteiger partial charge in [-0.15, -0.1) is 0 Å². The predicted molar refractivity (Wildman–Crippen MR) is 97.1 cm³/mol. The molecule has 26 heavy (non-hydrogen) atoms. The number of carbonyl (C=O) groups excluding carboxylic acids is 4. The maximum atomic E-state index is 12.5. The van der Waals surface area contributed by atoms with E-state index in [4.69, 9.17) is 0 Å². The van der Waals surface area contributed by atoms with Crippen molar-refractivity contribution in [2.24, 2.45) is 0 Å². The van der Waals surface area contributed by atoms with Crippen LogP contribution in [-0.4, -0.2) is 122 Å². The van der Waals surface area contributed by atoms with Gasteiger partial charge in [0.25, 0.3) is 0 Å². The molecule has 0 spiro atoms. The molecule has 2 rings (SSSR count). The Morgan fingerprint density at radius 3 is 1.81 bits per heavy atom. The van der Waals surface area contributed by atoms with Crippen molar-refractivity contribution in [2.75, 3.05) is 79.0 Å². The van der Waals surface area contributed by atoms with E-state index in [1.807, 2.05) is 33.6 Å². The maximum absolute atomic E-state index is 12.5. The van der Waals surface area contributed by atoms with Gasteiger partial charge in [-0.1, -0.05) is 6.92 Å². The zero-order chi connectivity index (χ0) is 19.1. The van der Waals surface area contributed by atoms with Gasteiger partial charge in [0, 0.05) is 32.6 Å². The lowest BCUT2D eigenvalue weighted by atomic mass is 10.2. The number of hydrogen-bond donors (Lipinski definition) is 0. The molecule has 0 aliphatic carbocycles. The fraction of sp³-hybridized carbons (Fsp3) is 0.778. The summed E-state index contributed by atoms with van der Waals surface area (Å²) in [6.07, 6.45) is 0.440. The van der Waals surface area contributed by atoms with Crippen molar-refractivity contribution in [1.29, 1.82) is 0 Å². The fourth-order valence-electron chi connectivity index (χ4n) is 3.38. The molecule has 146 valence electrons. The van der Waals surface area contributed by atoms with Crippen molar-refractivity contribution in [3.8, 4) is 0 Å². The second-order valence-corrected chi connectivity index (χ2v) is 7.38. The Balaban J connectivity index is 2.11. The summed E-state index contributed by atoms with van der Waals surface area (Å²) in [5.41, 5.74) is 0. The van der Waals surface area contributed by atoms with Crippen LogP contribution in [0.2, 0.25) is 0 Å². The first-order chi connectivity index (χ1) is 12.4.